The van der Waals surface area contributed by atoms with E-state index in [9.17, 15) is 9.59 Å². The van der Waals surface area contributed by atoms with Crippen LogP contribution in [0.2, 0.25) is 0 Å². The Kier molecular flexibility index (Phi) is 5.20. The van der Waals surface area contributed by atoms with Gasteiger partial charge in [-0.05, 0) is 45.2 Å². The molecule has 0 aromatic heterocycles. The number of likely N-dealkylation sites (tertiary alicyclic amines) is 1. The maximum absolute atomic E-state index is 12.4. The van der Waals surface area contributed by atoms with Gasteiger partial charge in [0.2, 0.25) is 5.91 Å². The van der Waals surface area contributed by atoms with E-state index in [4.69, 9.17) is 0 Å². The van der Waals surface area contributed by atoms with Crippen molar-refractivity contribution < 1.29 is 9.59 Å². The molecule has 1 aliphatic heterocycles. The van der Waals surface area contributed by atoms with Gasteiger partial charge in [-0.3, -0.25) is 4.79 Å². The smallest absolute Gasteiger partial charge is 0.319 e. The van der Waals surface area contributed by atoms with Crippen molar-refractivity contribution in [2.75, 3.05) is 11.9 Å². The maximum atomic E-state index is 12.4. The highest BCUT2D eigenvalue weighted by Crippen LogP contribution is 2.17. The summed E-state index contributed by atoms with van der Waals surface area (Å²) in [4.78, 5) is 26.2. The minimum atomic E-state index is -0.519. The number of piperidine rings is 1. The Morgan fingerprint density at radius 2 is 1.95 bits per heavy atom. The van der Waals surface area contributed by atoms with Crippen molar-refractivity contribution in [2.45, 2.75) is 45.2 Å². The Morgan fingerprint density at radius 3 is 2.62 bits per heavy atom. The van der Waals surface area contributed by atoms with Gasteiger partial charge in [-0.2, -0.15) is 0 Å². The fourth-order valence-electron chi connectivity index (χ4n) is 2.62. The number of carbonyl (C=O) groups is 2. The molecule has 0 aliphatic carbocycles. The van der Waals surface area contributed by atoms with E-state index in [1.807, 2.05) is 23.1 Å². The van der Waals surface area contributed by atoms with Crippen molar-refractivity contribution in [2.24, 2.45) is 0 Å². The van der Waals surface area contributed by atoms with E-state index < -0.39 is 6.04 Å². The number of carbonyl (C=O) groups excluding carboxylic acids is 2. The van der Waals surface area contributed by atoms with E-state index in [0.717, 1.165) is 19.4 Å². The van der Waals surface area contributed by atoms with Crippen molar-refractivity contribution >= 4 is 17.6 Å². The summed E-state index contributed by atoms with van der Waals surface area (Å²) in [5.41, 5.74) is 0.709. The van der Waals surface area contributed by atoms with Crippen molar-refractivity contribution in [3.05, 3.63) is 30.3 Å². The Hall–Kier alpha value is -2.04. The number of rotatable bonds is 3. The van der Waals surface area contributed by atoms with Crippen LogP contribution in [0, 0.1) is 0 Å². The second-order valence-corrected chi connectivity index (χ2v) is 5.56. The molecule has 1 saturated heterocycles. The summed E-state index contributed by atoms with van der Waals surface area (Å²) in [6.45, 7) is 4.58. The molecule has 3 amide bonds. The number of para-hydroxylation sites is 1. The van der Waals surface area contributed by atoms with Crippen LogP contribution in [0.3, 0.4) is 0 Å². The molecule has 1 aromatic carbocycles. The summed E-state index contributed by atoms with van der Waals surface area (Å²) >= 11 is 0. The number of anilines is 1. The van der Waals surface area contributed by atoms with Crippen LogP contribution < -0.4 is 10.6 Å². The molecule has 2 rings (SSSR count). The predicted octanol–water partition coefficient (Wildman–Crippen LogP) is 2.60. The van der Waals surface area contributed by atoms with Crippen molar-refractivity contribution in [1.29, 1.82) is 0 Å². The van der Waals surface area contributed by atoms with Crippen LogP contribution in [-0.2, 0) is 4.79 Å². The van der Waals surface area contributed by atoms with Gasteiger partial charge in [0.15, 0.2) is 0 Å². The zero-order chi connectivity index (χ0) is 15.2. The van der Waals surface area contributed by atoms with Gasteiger partial charge in [0, 0.05) is 18.3 Å². The van der Waals surface area contributed by atoms with Crippen LogP contribution in [0.25, 0.3) is 0 Å². The molecule has 5 nitrogen and oxygen atoms in total. The minimum Gasteiger partial charge on any atom is -0.338 e. The van der Waals surface area contributed by atoms with Crippen molar-refractivity contribution in [1.82, 2.24) is 10.2 Å². The lowest BCUT2D eigenvalue weighted by molar-refractivity contribution is -0.136. The molecule has 5 heteroatoms. The lowest BCUT2D eigenvalue weighted by Crippen LogP contribution is -2.52. The van der Waals surface area contributed by atoms with E-state index in [1.165, 1.54) is 6.42 Å². The van der Waals surface area contributed by atoms with E-state index in [0.29, 0.717) is 5.69 Å². The molecule has 1 aliphatic rings. The predicted molar refractivity (Wildman–Crippen MR) is 83.1 cm³/mol. The molecule has 21 heavy (non-hydrogen) atoms. The Labute approximate surface area is 125 Å². The first-order valence-electron chi connectivity index (χ1n) is 7.51. The Bertz CT molecular complexity index is 490. The molecule has 2 N–H and O–H groups in total. The van der Waals surface area contributed by atoms with Crippen LogP contribution in [0.4, 0.5) is 10.5 Å². The van der Waals surface area contributed by atoms with Gasteiger partial charge in [-0.25, -0.2) is 4.79 Å². The molecular weight excluding hydrogens is 266 g/mol. The first kappa shape index (κ1) is 15.4. The molecule has 0 spiro atoms. The standard InChI is InChI=1S/C16H23N3O2/c1-12-8-6-7-11-19(12)15(20)13(2)17-16(21)18-14-9-4-3-5-10-14/h3-5,9-10,12-13H,6-8,11H2,1-2H3,(H2,17,18,21)/t12-,13+/m1/s1. The molecule has 1 aromatic rings. The first-order valence-corrected chi connectivity index (χ1v) is 7.51. The second kappa shape index (κ2) is 7.11. The molecular formula is C16H23N3O2. The lowest BCUT2D eigenvalue weighted by atomic mass is 10.0. The van der Waals surface area contributed by atoms with Crippen molar-refractivity contribution in [3.8, 4) is 0 Å². The van der Waals surface area contributed by atoms with Crippen molar-refractivity contribution in [3.63, 3.8) is 0 Å². The van der Waals surface area contributed by atoms with E-state index in [2.05, 4.69) is 17.6 Å². The van der Waals surface area contributed by atoms with E-state index in [-0.39, 0.29) is 18.0 Å². The zero-order valence-corrected chi connectivity index (χ0v) is 12.6. The third kappa shape index (κ3) is 4.21. The number of nitrogens with one attached hydrogen (secondary N) is 2. The van der Waals surface area contributed by atoms with Gasteiger partial charge in [-0.15, -0.1) is 0 Å². The number of benzene rings is 1. The van der Waals surface area contributed by atoms with Crippen LogP contribution in [0.1, 0.15) is 33.1 Å². The summed E-state index contributed by atoms with van der Waals surface area (Å²) in [5, 5.41) is 5.43. The lowest BCUT2D eigenvalue weighted by Gasteiger charge is -2.35. The molecule has 0 saturated carbocycles. The van der Waals surface area contributed by atoms with Gasteiger partial charge in [0.05, 0.1) is 0 Å². The number of amides is 3. The number of hydrogen-bond acceptors (Lipinski definition) is 2. The summed E-state index contributed by atoms with van der Waals surface area (Å²) in [5.74, 6) is -0.00888. The number of hydrogen-bond donors (Lipinski definition) is 2. The summed E-state index contributed by atoms with van der Waals surface area (Å²) in [7, 11) is 0. The summed E-state index contributed by atoms with van der Waals surface area (Å²) in [6.07, 6.45) is 3.24. The SMILES string of the molecule is C[C@H](NC(=O)Nc1ccccc1)C(=O)N1CCCC[C@H]1C. The van der Waals surface area contributed by atoms with Gasteiger partial charge in [0.25, 0.3) is 0 Å². The number of urea groups is 1. The van der Waals surface area contributed by atoms with Crippen LogP contribution in [0.5, 0.6) is 0 Å². The summed E-state index contributed by atoms with van der Waals surface area (Å²) < 4.78 is 0. The van der Waals surface area contributed by atoms with Gasteiger partial charge < -0.3 is 15.5 Å². The fraction of sp³-hybridized carbons (Fsp3) is 0.500. The highest BCUT2D eigenvalue weighted by Gasteiger charge is 2.27. The average molecular weight is 289 g/mol. The minimum absolute atomic E-state index is 0.00888. The van der Waals surface area contributed by atoms with Crippen LogP contribution in [0.15, 0.2) is 30.3 Å². The Balaban J connectivity index is 1.86. The zero-order valence-electron chi connectivity index (χ0n) is 12.6. The number of nitrogens with zero attached hydrogens (tertiary/aromatic N) is 1. The maximum Gasteiger partial charge on any atom is 0.319 e. The van der Waals surface area contributed by atoms with Gasteiger partial charge in [-0.1, -0.05) is 18.2 Å². The quantitative estimate of drug-likeness (QED) is 0.898. The van der Waals surface area contributed by atoms with Crippen LogP contribution in [-0.4, -0.2) is 35.5 Å². The normalized spacial score (nSPS) is 19.7. The molecule has 1 fully saturated rings. The van der Waals surface area contributed by atoms with Gasteiger partial charge in [0.1, 0.15) is 6.04 Å². The van der Waals surface area contributed by atoms with Crippen LogP contribution >= 0.6 is 0 Å². The summed E-state index contributed by atoms with van der Waals surface area (Å²) in [6, 6.07) is 8.57. The topological polar surface area (TPSA) is 61.4 Å². The monoisotopic (exact) mass is 289 g/mol. The largest absolute Gasteiger partial charge is 0.338 e. The molecule has 1 heterocycles. The Morgan fingerprint density at radius 1 is 1.24 bits per heavy atom. The molecule has 114 valence electrons. The molecule has 0 bridgehead atoms. The fourth-order valence-corrected chi connectivity index (χ4v) is 2.62. The average Bonchev–Trinajstić information content (AvgIpc) is 2.48. The van der Waals surface area contributed by atoms with E-state index in [1.54, 1.807) is 19.1 Å². The third-order valence-electron chi connectivity index (χ3n) is 3.84. The first-order chi connectivity index (χ1) is 10.1. The highest BCUT2D eigenvalue weighted by atomic mass is 16.2. The van der Waals surface area contributed by atoms with E-state index >= 15 is 0 Å². The molecule has 2 atom stereocenters. The molecule has 0 unspecified atom stereocenters. The van der Waals surface area contributed by atoms with Gasteiger partial charge >= 0.3 is 6.03 Å². The highest BCUT2D eigenvalue weighted by molar-refractivity contribution is 5.93. The second-order valence-electron chi connectivity index (χ2n) is 5.56. The molecule has 0 radical (unpaired) electrons. The third-order valence-corrected chi connectivity index (χ3v) is 3.84.